The number of para-hydroxylation sites is 1. The van der Waals surface area contributed by atoms with Crippen LogP contribution in [0.4, 0.5) is 11.4 Å². The van der Waals surface area contributed by atoms with Crippen LogP contribution in [0.5, 0.6) is 5.75 Å². The number of hydrogen-bond acceptors (Lipinski definition) is 5. The van der Waals surface area contributed by atoms with E-state index in [4.69, 9.17) is 0 Å². The first kappa shape index (κ1) is 17.3. The molecule has 2 aromatic rings. The molecule has 3 N–H and O–H groups in total. The highest BCUT2D eigenvalue weighted by atomic mass is 79.9. The van der Waals surface area contributed by atoms with Crippen LogP contribution >= 0.6 is 15.9 Å². The van der Waals surface area contributed by atoms with Crippen molar-refractivity contribution in [3.05, 3.63) is 48.9 Å². The van der Waals surface area contributed by atoms with Gasteiger partial charge in [-0.15, -0.1) is 0 Å². The molecule has 0 unspecified atom stereocenters. The van der Waals surface area contributed by atoms with E-state index in [0.29, 0.717) is 13.1 Å². The van der Waals surface area contributed by atoms with Crippen LogP contribution in [0, 0.1) is 0 Å². The van der Waals surface area contributed by atoms with Crippen LogP contribution in [0.25, 0.3) is 0 Å². The maximum Gasteiger partial charge on any atom is 0.289 e. The Hall–Kier alpha value is -2.55. The fourth-order valence-electron chi connectivity index (χ4n) is 2.78. The number of benzene rings is 1. The largest absolute Gasteiger partial charge is 0.505 e. The van der Waals surface area contributed by atoms with Crippen LogP contribution in [0.2, 0.25) is 0 Å². The smallest absolute Gasteiger partial charge is 0.289 e. The van der Waals surface area contributed by atoms with Gasteiger partial charge in [-0.1, -0.05) is 6.07 Å². The maximum absolute atomic E-state index is 12.5. The molecule has 1 aliphatic heterocycles. The summed E-state index contributed by atoms with van der Waals surface area (Å²) in [6.45, 7) is 1.33. The molecule has 25 heavy (non-hydrogen) atoms. The Kier molecular flexibility index (Phi) is 4.67. The zero-order valence-corrected chi connectivity index (χ0v) is 15.1. The molecule has 1 fully saturated rings. The predicted octanol–water partition coefficient (Wildman–Crippen LogP) is 1.52. The second kappa shape index (κ2) is 6.75. The molecule has 0 radical (unpaired) electrons. The standard InChI is InChI=1S/C16H17BrN4O4/c1-20-16(25)12(11(17)14(23)19-20)18-10-6-4-5-9(13(10)22)15(24)21-7-2-3-8-21/h4-6,18,22H,2-3,7-8H2,1H3,(H,19,23). The molecule has 1 saturated heterocycles. The molecular weight excluding hydrogens is 392 g/mol. The third-order valence-electron chi connectivity index (χ3n) is 4.13. The first-order valence-corrected chi connectivity index (χ1v) is 8.56. The van der Waals surface area contributed by atoms with Gasteiger partial charge >= 0.3 is 0 Å². The van der Waals surface area contributed by atoms with Gasteiger partial charge in [-0.25, -0.2) is 0 Å². The van der Waals surface area contributed by atoms with Crippen molar-refractivity contribution < 1.29 is 9.90 Å². The number of anilines is 2. The van der Waals surface area contributed by atoms with E-state index in [1.54, 1.807) is 11.0 Å². The third-order valence-corrected chi connectivity index (χ3v) is 4.88. The molecule has 1 aromatic heterocycles. The number of carbonyl (C=O) groups excluding carboxylic acids is 1. The van der Waals surface area contributed by atoms with E-state index in [0.717, 1.165) is 17.5 Å². The van der Waals surface area contributed by atoms with Crippen molar-refractivity contribution >= 4 is 33.2 Å². The maximum atomic E-state index is 12.5. The number of carbonyl (C=O) groups is 1. The molecular formula is C16H17BrN4O4. The Morgan fingerprint density at radius 2 is 1.96 bits per heavy atom. The van der Waals surface area contributed by atoms with Gasteiger partial charge in [0.1, 0.15) is 10.2 Å². The molecule has 1 aliphatic rings. The molecule has 0 bridgehead atoms. The fourth-order valence-corrected chi connectivity index (χ4v) is 3.14. The first-order chi connectivity index (χ1) is 11.9. The summed E-state index contributed by atoms with van der Waals surface area (Å²) in [5.74, 6) is -0.509. The number of aromatic nitrogens is 2. The number of aryl methyl sites for hydroxylation is 1. The number of rotatable bonds is 3. The number of aromatic hydroxyl groups is 1. The molecule has 0 saturated carbocycles. The number of amides is 1. The Morgan fingerprint density at radius 3 is 2.64 bits per heavy atom. The van der Waals surface area contributed by atoms with E-state index in [1.807, 2.05) is 0 Å². The molecule has 9 heteroatoms. The third kappa shape index (κ3) is 3.19. The van der Waals surface area contributed by atoms with E-state index in [-0.39, 0.29) is 33.1 Å². The average Bonchev–Trinajstić information content (AvgIpc) is 3.12. The number of hydrogen-bond donors (Lipinski definition) is 3. The fraction of sp³-hybridized carbons (Fsp3) is 0.312. The molecule has 1 amide bonds. The molecule has 0 aliphatic carbocycles. The highest BCUT2D eigenvalue weighted by Gasteiger charge is 2.23. The molecule has 8 nitrogen and oxygen atoms in total. The molecule has 0 atom stereocenters. The Morgan fingerprint density at radius 1 is 1.28 bits per heavy atom. The summed E-state index contributed by atoms with van der Waals surface area (Å²) in [6, 6.07) is 4.67. The van der Waals surface area contributed by atoms with Crippen molar-refractivity contribution in [2.45, 2.75) is 12.8 Å². The lowest BCUT2D eigenvalue weighted by Crippen LogP contribution is -2.30. The van der Waals surface area contributed by atoms with Gasteiger partial charge in [0, 0.05) is 20.1 Å². The van der Waals surface area contributed by atoms with Crippen LogP contribution in [-0.2, 0) is 7.05 Å². The van der Waals surface area contributed by atoms with Gasteiger partial charge in [0.05, 0.1) is 11.3 Å². The van der Waals surface area contributed by atoms with Gasteiger partial charge < -0.3 is 15.3 Å². The normalized spacial score (nSPS) is 13.9. The first-order valence-electron chi connectivity index (χ1n) is 7.77. The van der Waals surface area contributed by atoms with Gasteiger partial charge in [-0.05, 0) is 40.9 Å². The SMILES string of the molecule is Cn1[nH]c(=O)c(Br)c(Nc2cccc(C(=O)N3CCCC3)c2O)c1=O. The number of H-pyrrole nitrogens is 1. The lowest BCUT2D eigenvalue weighted by atomic mass is 10.1. The van der Waals surface area contributed by atoms with E-state index >= 15 is 0 Å². The van der Waals surface area contributed by atoms with Crippen molar-refractivity contribution in [2.24, 2.45) is 7.05 Å². The second-order valence-corrected chi connectivity index (χ2v) is 6.61. The summed E-state index contributed by atoms with van der Waals surface area (Å²) >= 11 is 3.07. The summed E-state index contributed by atoms with van der Waals surface area (Å²) in [5.41, 5.74) is -0.666. The van der Waals surface area contributed by atoms with Crippen molar-refractivity contribution in [1.29, 1.82) is 0 Å². The number of nitrogens with one attached hydrogen (secondary N) is 2. The number of phenolic OH excluding ortho intramolecular Hbond substituents is 1. The summed E-state index contributed by atoms with van der Waals surface area (Å²) in [7, 11) is 1.41. The summed E-state index contributed by atoms with van der Waals surface area (Å²) in [4.78, 5) is 38.2. The van der Waals surface area contributed by atoms with E-state index in [9.17, 15) is 19.5 Å². The monoisotopic (exact) mass is 408 g/mol. The molecule has 132 valence electrons. The van der Waals surface area contributed by atoms with Gasteiger partial charge in [-0.2, -0.15) is 0 Å². The zero-order chi connectivity index (χ0) is 18.1. The number of aromatic amines is 1. The summed E-state index contributed by atoms with van der Waals surface area (Å²) < 4.78 is 1.05. The lowest BCUT2D eigenvalue weighted by molar-refractivity contribution is 0.0790. The zero-order valence-electron chi connectivity index (χ0n) is 13.5. The minimum Gasteiger partial charge on any atom is -0.505 e. The van der Waals surface area contributed by atoms with E-state index in [1.165, 1.54) is 19.2 Å². The van der Waals surface area contributed by atoms with E-state index < -0.39 is 11.1 Å². The van der Waals surface area contributed by atoms with Gasteiger partial charge in [0.15, 0.2) is 5.75 Å². The highest BCUT2D eigenvalue weighted by molar-refractivity contribution is 9.10. The average molecular weight is 409 g/mol. The van der Waals surface area contributed by atoms with E-state index in [2.05, 4.69) is 26.3 Å². The summed E-state index contributed by atoms with van der Waals surface area (Å²) in [5, 5.41) is 15.6. The number of phenols is 1. The molecule has 2 heterocycles. The highest BCUT2D eigenvalue weighted by Crippen LogP contribution is 2.32. The lowest BCUT2D eigenvalue weighted by Gasteiger charge is -2.17. The Balaban J connectivity index is 2.00. The van der Waals surface area contributed by atoms with Crippen molar-refractivity contribution in [2.75, 3.05) is 18.4 Å². The van der Waals surface area contributed by atoms with Gasteiger partial charge in [-0.3, -0.25) is 24.2 Å². The quantitative estimate of drug-likeness (QED) is 0.667. The minimum absolute atomic E-state index is 0.0197. The number of halogens is 1. The number of likely N-dealkylation sites (tertiary alicyclic amines) is 1. The van der Waals surface area contributed by atoms with Crippen LogP contribution in [0.1, 0.15) is 23.2 Å². The van der Waals surface area contributed by atoms with Crippen LogP contribution in [-0.4, -0.2) is 38.8 Å². The van der Waals surface area contributed by atoms with Crippen molar-refractivity contribution in [3.8, 4) is 5.75 Å². The van der Waals surface area contributed by atoms with Crippen molar-refractivity contribution in [1.82, 2.24) is 14.7 Å². The second-order valence-electron chi connectivity index (χ2n) is 5.82. The number of nitrogens with zero attached hydrogens (tertiary/aromatic N) is 2. The molecule has 1 aromatic carbocycles. The molecule has 0 spiro atoms. The predicted molar refractivity (Wildman–Crippen MR) is 96.5 cm³/mol. The van der Waals surface area contributed by atoms with Crippen LogP contribution < -0.4 is 16.4 Å². The van der Waals surface area contributed by atoms with Gasteiger partial charge in [0.2, 0.25) is 0 Å². The summed E-state index contributed by atoms with van der Waals surface area (Å²) in [6.07, 6.45) is 1.89. The topological polar surface area (TPSA) is 107 Å². The van der Waals surface area contributed by atoms with Gasteiger partial charge in [0.25, 0.3) is 17.0 Å². The molecule has 3 rings (SSSR count). The van der Waals surface area contributed by atoms with Crippen LogP contribution in [0.15, 0.2) is 32.3 Å². The van der Waals surface area contributed by atoms with Crippen molar-refractivity contribution in [3.63, 3.8) is 0 Å². The van der Waals surface area contributed by atoms with Crippen LogP contribution in [0.3, 0.4) is 0 Å². The Labute approximate surface area is 151 Å². The minimum atomic E-state index is -0.492. The Bertz CT molecular complexity index is 944.